The fraction of sp³-hybridized carbons (Fsp3) is 0.462. The molecular formula is C13H15N3. The van der Waals surface area contributed by atoms with Crippen LogP contribution in [0.3, 0.4) is 0 Å². The van der Waals surface area contributed by atoms with Crippen molar-refractivity contribution in [3.05, 3.63) is 29.1 Å². The summed E-state index contributed by atoms with van der Waals surface area (Å²) < 4.78 is 0. The minimum Gasteiger partial charge on any atom is -0.251 e. The summed E-state index contributed by atoms with van der Waals surface area (Å²) in [6, 6.07) is 4.20. The van der Waals surface area contributed by atoms with Gasteiger partial charge in [0.1, 0.15) is 5.52 Å². The minimum absolute atomic E-state index is 0.936. The van der Waals surface area contributed by atoms with E-state index in [2.05, 4.69) is 16.3 Å². The van der Waals surface area contributed by atoms with Crippen LogP contribution in [-0.2, 0) is 12.8 Å². The maximum atomic E-state index is 4.73. The van der Waals surface area contributed by atoms with E-state index in [-0.39, 0.29) is 0 Å². The first-order chi connectivity index (χ1) is 7.83. The lowest BCUT2D eigenvalue weighted by atomic mass is 10.1. The van der Waals surface area contributed by atoms with Gasteiger partial charge in [-0.25, -0.2) is 0 Å². The zero-order valence-corrected chi connectivity index (χ0v) is 9.53. The molecule has 3 rings (SSSR count). The number of nitrogens with zero attached hydrogens (tertiary/aromatic N) is 3. The van der Waals surface area contributed by atoms with Crippen molar-refractivity contribution in [1.82, 2.24) is 15.2 Å². The lowest BCUT2D eigenvalue weighted by molar-refractivity contribution is 0.709. The quantitative estimate of drug-likeness (QED) is 0.631. The Kier molecular flexibility index (Phi) is 2.31. The molecule has 0 saturated carbocycles. The fourth-order valence-corrected chi connectivity index (χ4v) is 2.36. The summed E-state index contributed by atoms with van der Waals surface area (Å²) in [6.07, 6.45) is 6.13. The fourth-order valence-electron chi connectivity index (χ4n) is 2.36. The average molecular weight is 213 g/mol. The van der Waals surface area contributed by atoms with Gasteiger partial charge in [0.25, 0.3) is 0 Å². The lowest BCUT2D eigenvalue weighted by Gasteiger charge is -2.06. The van der Waals surface area contributed by atoms with Gasteiger partial charge in [0.05, 0.1) is 11.2 Å². The second-order valence-electron chi connectivity index (χ2n) is 4.54. The largest absolute Gasteiger partial charge is 0.251 e. The summed E-state index contributed by atoms with van der Waals surface area (Å²) in [5, 5.41) is 8.30. The molecule has 1 aliphatic rings. The Morgan fingerprint density at radius 2 is 1.81 bits per heavy atom. The normalized spacial score (nSPS) is 15.8. The first kappa shape index (κ1) is 9.70. The highest BCUT2D eigenvalue weighted by Crippen LogP contribution is 2.22. The van der Waals surface area contributed by atoms with Gasteiger partial charge in [-0.3, -0.25) is 4.98 Å². The predicted molar refractivity (Wildman–Crippen MR) is 63.3 cm³/mol. The molecule has 0 aromatic carbocycles. The van der Waals surface area contributed by atoms with E-state index in [0.717, 1.165) is 29.6 Å². The molecule has 0 atom stereocenters. The van der Waals surface area contributed by atoms with Crippen molar-refractivity contribution in [2.45, 2.75) is 39.0 Å². The van der Waals surface area contributed by atoms with Crippen LogP contribution in [-0.4, -0.2) is 15.2 Å². The van der Waals surface area contributed by atoms with E-state index in [0.29, 0.717) is 0 Å². The summed E-state index contributed by atoms with van der Waals surface area (Å²) in [7, 11) is 0. The predicted octanol–water partition coefficient (Wildman–Crippen LogP) is 2.60. The van der Waals surface area contributed by atoms with E-state index < -0.39 is 0 Å². The molecule has 2 aromatic rings. The average Bonchev–Trinajstić information content (AvgIpc) is 2.50. The summed E-state index contributed by atoms with van der Waals surface area (Å²) >= 11 is 0. The third kappa shape index (κ3) is 1.66. The van der Waals surface area contributed by atoms with Gasteiger partial charge in [0.2, 0.25) is 0 Å². The molecule has 3 heteroatoms. The molecule has 0 unspecified atom stereocenters. The number of hydrogen-bond acceptors (Lipinski definition) is 3. The van der Waals surface area contributed by atoms with Crippen LogP contribution in [0.5, 0.6) is 0 Å². The Morgan fingerprint density at radius 1 is 0.938 bits per heavy atom. The van der Waals surface area contributed by atoms with E-state index in [4.69, 9.17) is 4.98 Å². The standard InChI is InChI=1S/C13H15N3/c1-9-7-12-13(16-15-9)8-10-5-3-2-4-6-11(10)14-12/h7-8H,2-6H2,1H3. The third-order valence-electron chi connectivity index (χ3n) is 3.22. The van der Waals surface area contributed by atoms with E-state index in [1.165, 1.54) is 30.5 Å². The molecule has 0 fully saturated rings. The van der Waals surface area contributed by atoms with Crippen LogP contribution in [0, 0.1) is 6.92 Å². The van der Waals surface area contributed by atoms with Crippen molar-refractivity contribution in [2.24, 2.45) is 0 Å². The molecular weight excluding hydrogens is 198 g/mol. The molecule has 0 amide bonds. The Labute approximate surface area is 94.9 Å². The smallest absolute Gasteiger partial charge is 0.112 e. The highest BCUT2D eigenvalue weighted by Gasteiger charge is 2.11. The second-order valence-corrected chi connectivity index (χ2v) is 4.54. The minimum atomic E-state index is 0.936. The Morgan fingerprint density at radius 3 is 2.75 bits per heavy atom. The number of aromatic nitrogens is 3. The summed E-state index contributed by atoms with van der Waals surface area (Å²) in [6.45, 7) is 1.96. The van der Waals surface area contributed by atoms with Crippen molar-refractivity contribution < 1.29 is 0 Å². The summed E-state index contributed by atoms with van der Waals surface area (Å²) in [4.78, 5) is 4.73. The van der Waals surface area contributed by atoms with Crippen LogP contribution < -0.4 is 0 Å². The molecule has 16 heavy (non-hydrogen) atoms. The van der Waals surface area contributed by atoms with Crippen LogP contribution in [0.1, 0.15) is 36.2 Å². The first-order valence-corrected chi connectivity index (χ1v) is 5.96. The highest BCUT2D eigenvalue weighted by atomic mass is 15.1. The van der Waals surface area contributed by atoms with Crippen LogP contribution >= 0.6 is 0 Å². The van der Waals surface area contributed by atoms with E-state index in [9.17, 15) is 0 Å². The number of pyridine rings is 1. The molecule has 0 aliphatic heterocycles. The van der Waals surface area contributed by atoms with Gasteiger partial charge in [-0.2, -0.15) is 5.10 Å². The van der Waals surface area contributed by atoms with Gasteiger partial charge in [-0.1, -0.05) is 6.42 Å². The molecule has 2 heterocycles. The molecule has 0 radical (unpaired) electrons. The van der Waals surface area contributed by atoms with Crippen molar-refractivity contribution in [3.8, 4) is 0 Å². The monoisotopic (exact) mass is 213 g/mol. The number of hydrogen-bond donors (Lipinski definition) is 0. The van der Waals surface area contributed by atoms with Crippen LogP contribution in [0.4, 0.5) is 0 Å². The maximum absolute atomic E-state index is 4.73. The van der Waals surface area contributed by atoms with Crippen LogP contribution in [0.2, 0.25) is 0 Å². The second kappa shape index (κ2) is 3.81. The zero-order chi connectivity index (χ0) is 11.0. The van der Waals surface area contributed by atoms with Crippen LogP contribution in [0.15, 0.2) is 12.1 Å². The number of aryl methyl sites for hydroxylation is 3. The van der Waals surface area contributed by atoms with E-state index >= 15 is 0 Å². The van der Waals surface area contributed by atoms with Gasteiger partial charge in [0, 0.05) is 5.69 Å². The third-order valence-corrected chi connectivity index (χ3v) is 3.22. The van der Waals surface area contributed by atoms with Crippen molar-refractivity contribution in [2.75, 3.05) is 0 Å². The van der Waals surface area contributed by atoms with E-state index in [1.54, 1.807) is 0 Å². The molecule has 2 aromatic heterocycles. The maximum Gasteiger partial charge on any atom is 0.112 e. The topological polar surface area (TPSA) is 38.7 Å². The zero-order valence-electron chi connectivity index (χ0n) is 9.53. The molecule has 0 saturated heterocycles. The van der Waals surface area contributed by atoms with Crippen molar-refractivity contribution in [3.63, 3.8) is 0 Å². The van der Waals surface area contributed by atoms with Crippen molar-refractivity contribution in [1.29, 1.82) is 0 Å². The van der Waals surface area contributed by atoms with E-state index in [1.807, 2.05) is 13.0 Å². The van der Waals surface area contributed by atoms with Gasteiger partial charge in [-0.15, -0.1) is 5.10 Å². The van der Waals surface area contributed by atoms with Gasteiger partial charge in [-0.05, 0) is 50.3 Å². The summed E-state index contributed by atoms with van der Waals surface area (Å²) in [5.74, 6) is 0. The van der Waals surface area contributed by atoms with Gasteiger partial charge >= 0.3 is 0 Å². The van der Waals surface area contributed by atoms with Crippen LogP contribution in [0.25, 0.3) is 11.0 Å². The molecule has 0 bridgehead atoms. The van der Waals surface area contributed by atoms with Gasteiger partial charge < -0.3 is 0 Å². The molecule has 0 spiro atoms. The molecule has 1 aliphatic carbocycles. The summed E-state index contributed by atoms with van der Waals surface area (Å²) in [5.41, 5.74) is 5.52. The SMILES string of the molecule is Cc1cc2nc3c(cc2nn1)CCCCC3. The molecule has 3 nitrogen and oxygen atoms in total. The Balaban J connectivity index is 2.20. The lowest BCUT2D eigenvalue weighted by Crippen LogP contribution is -1.98. The number of rotatable bonds is 0. The first-order valence-electron chi connectivity index (χ1n) is 5.96. The molecule has 0 N–H and O–H groups in total. The number of fused-ring (bicyclic) bond motifs is 2. The van der Waals surface area contributed by atoms with Gasteiger partial charge in [0.15, 0.2) is 0 Å². The molecule has 82 valence electrons. The Hall–Kier alpha value is -1.51. The highest BCUT2D eigenvalue weighted by molar-refractivity contribution is 5.74. The van der Waals surface area contributed by atoms with Crippen molar-refractivity contribution >= 4 is 11.0 Å². The Bertz CT molecular complexity index is 534.